The van der Waals surface area contributed by atoms with Crippen LogP contribution in [0.4, 0.5) is 20.2 Å². The van der Waals surface area contributed by atoms with Gasteiger partial charge in [0.25, 0.3) is 0 Å². The van der Waals surface area contributed by atoms with Crippen LogP contribution in [-0.4, -0.2) is 60.9 Å². The van der Waals surface area contributed by atoms with Crippen LogP contribution in [0.15, 0.2) is 36.4 Å². The summed E-state index contributed by atoms with van der Waals surface area (Å²) >= 11 is 0. The number of carbonyl (C=O) groups is 2. The Kier molecular flexibility index (Phi) is 7.12. The molecule has 3 rings (SSSR count). The molecule has 0 radical (unpaired) electrons. The highest BCUT2D eigenvalue weighted by molar-refractivity contribution is 5.94. The molecule has 30 heavy (non-hydrogen) atoms. The van der Waals surface area contributed by atoms with Crippen molar-refractivity contribution >= 4 is 23.2 Å². The summed E-state index contributed by atoms with van der Waals surface area (Å²) in [5, 5.41) is 5.39. The van der Waals surface area contributed by atoms with Crippen molar-refractivity contribution in [2.75, 3.05) is 49.9 Å². The molecule has 1 aliphatic heterocycles. The van der Waals surface area contributed by atoms with Gasteiger partial charge in [0, 0.05) is 37.9 Å². The maximum Gasteiger partial charge on any atom is 0.238 e. The Morgan fingerprint density at radius 2 is 1.40 bits per heavy atom. The van der Waals surface area contributed by atoms with Gasteiger partial charge in [-0.3, -0.25) is 19.4 Å². The number of carbonyl (C=O) groups excluding carboxylic acids is 2. The van der Waals surface area contributed by atoms with E-state index in [9.17, 15) is 18.4 Å². The van der Waals surface area contributed by atoms with E-state index in [0.29, 0.717) is 26.2 Å². The number of para-hydroxylation sites is 1. The van der Waals surface area contributed by atoms with E-state index >= 15 is 0 Å². The minimum Gasteiger partial charge on any atom is -0.324 e. The highest BCUT2D eigenvalue weighted by atomic mass is 19.1. The average Bonchev–Trinajstić information content (AvgIpc) is 2.69. The lowest BCUT2D eigenvalue weighted by Gasteiger charge is -2.33. The van der Waals surface area contributed by atoms with E-state index in [-0.39, 0.29) is 24.7 Å². The summed E-state index contributed by atoms with van der Waals surface area (Å²) in [5.41, 5.74) is 2.73. The van der Waals surface area contributed by atoms with Crippen molar-refractivity contribution in [3.05, 3.63) is 59.2 Å². The molecule has 0 aliphatic carbocycles. The molecule has 0 aromatic heterocycles. The SMILES string of the molecule is Cc1cccc(C)c1NC(=O)CN1CCN(CC(=O)Nc2cc(F)ccc2F)CC1. The molecule has 8 heteroatoms. The first-order valence-electron chi connectivity index (χ1n) is 9.87. The molecule has 1 saturated heterocycles. The quantitative estimate of drug-likeness (QED) is 0.760. The van der Waals surface area contributed by atoms with Crippen molar-refractivity contribution in [3.63, 3.8) is 0 Å². The van der Waals surface area contributed by atoms with Crippen molar-refractivity contribution in [2.24, 2.45) is 0 Å². The number of rotatable bonds is 6. The van der Waals surface area contributed by atoms with E-state index in [2.05, 4.69) is 10.6 Å². The smallest absolute Gasteiger partial charge is 0.238 e. The predicted octanol–water partition coefficient (Wildman–Crippen LogP) is 2.78. The summed E-state index contributed by atoms with van der Waals surface area (Å²) in [6, 6.07) is 8.82. The molecule has 160 valence electrons. The second kappa shape index (κ2) is 9.77. The van der Waals surface area contributed by atoms with Gasteiger partial charge >= 0.3 is 0 Å². The lowest BCUT2D eigenvalue weighted by molar-refractivity contribution is -0.120. The minimum absolute atomic E-state index is 0.0693. The minimum atomic E-state index is -0.676. The van der Waals surface area contributed by atoms with Crippen LogP contribution < -0.4 is 10.6 Å². The Balaban J connectivity index is 1.44. The normalized spacial score (nSPS) is 15.1. The van der Waals surface area contributed by atoms with Gasteiger partial charge in [0.05, 0.1) is 18.8 Å². The Bertz CT molecular complexity index is 907. The topological polar surface area (TPSA) is 64.7 Å². The second-order valence-electron chi connectivity index (χ2n) is 7.54. The summed E-state index contributed by atoms with van der Waals surface area (Å²) < 4.78 is 26.9. The Hall–Kier alpha value is -2.84. The van der Waals surface area contributed by atoms with Gasteiger partial charge in [0.1, 0.15) is 11.6 Å². The van der Waals surface area contributed by atoms with Crippen LogP contribution in [0.5, 0.6) is 0 Å². The highest BCUT2D eigenvalue weighted by Crippen LogP contribution is 2.19. The molecular weight excluding hydrogens is 390 g/mol. The van der Waals surface area contributed by atoms with E-state index in [1.54, 1.807) is 0 Å². The summed E-state index contributed by atoms with van der Waals surface area (Å²) in [6.07, 6.45) is 0. The summed E-state index contributed by atoms with van der Waals surface area (Å²) in [5.74, 6) is -1.76. The zero-order valence-corrected chi connectivity index (χ0v) is 17.2. The van der Waals surface area contributed by atoms with Crippen LogP contribution in [0.25, 0.3) is 0 Å². The number of hydrogen-bond donors (Lipinski definition) is 2. The van der Waals surface area contributed by atoms with E-state index in [4.69, 9.17) is 0 Å². The monoisotopic (exact) mass is 416 g/mol. The summed E-state index contributed by atoms with van der Waals surface area (Å²) in [7, 11) is 0. The maximum absolute atomic E-state index is 13.6. The van der Waals surface area contributed by atoms with Gasteiger partial charge < -0.3 is 10.6 Å². The average molecular weight is 416 g/mol. The Morgan fingerprint density at radius 1 is 0.867 bits per heavy atom. The number of nitrogens with zero attached hydrogens (tertiary/aromatic N) is 2. The van der Waals surface area contributed by atoms with Gasteiger partial charge in [-0.15, -0.1) is 0 Å². The molecule has 2 amide bonds. The van der Waals surface area contributed by atoms with E-state index in [1.807, 2.05) is 41.8 Å². The van der Waals surface area contributed by atoms with Crippen LogP contribution in [0.3, 0.4) is 0 Å². The largest absolute Gasteiger partial charge is 0.324 e. The van der Waals surface area contributed by atoms with Crippen molar-refractivity contribution in [2.45, 2.75) is 13.8 Å². The van der Waals surface area contributed by atoms with Gasteiger partial charge in [0.15, 0.2) is 0 Å². The van der Waals surface area contributed by atoms with Crippen LogP contribution in [-0.2, 0) is 9.59 Å². The Labute approximate surface area is 174 Å². The zero-order valence-electron chi connectivity index (χ0n) is 17.2. The fourth-order valence-electron chi connectivity index (χ4n) is 3.49. The van der Waals surface area contributed by atoms with Gasteiger partial charge in [-0.25, -0.2) is 8.78 Å². The number of nitrogens with one attached hydrogen (secondary N) is 2. The maximum atomic E-state index is 13.6. The molecule has 0 saturated carbocycles. The van der Waals surface area contributed by atoms with Crippen molar-refractivity contribution < 1.29 is 18.4 Å². The van der Waals surface area contributed by atoms with Crippen LogP contribution in [0.1, 0.15) is 11.1 Å². The van der Waals surface area contributed by atoms with Gasteiger partial charge in [-0.2, -0.15) is 0 Å². The third-order valence-electron chi connectivity index (χ3n) is 5.15. The first kappa shape index (κ1) is 21.9. The summed E-state index contributed by atoms with van der Waals surface area (Å²) in [4.78, 5) is 28.5. The zero-order chi connectivity index (χ0) is 21.7. The Morgan fingerprint density at radius 3 is 1.97 bits per heavy atom. The molecule has 1 fully saturated rings. The number of hydrogen-bond acceptors (Lipinski definition) is 4. The first-order chi connectivity index (χ1) is 14.3. The van der Waals surface area contributed by atoms with Gasteiger partial charge in [-0.1, -0.05) is 18.2 Å². The number of benzene rings is 2. The summed E-state index contributed by atoms with van der Waals surface area (Å²) in [6.45, 7) is 6.78. The molecule has 0 atom stereocenters. The van der Waals surface area contributed by atoms with Crippen molar-refractivity contribution in [1.29, 1.82) is 0 Å². The molecule has 6 nitrogen and oxygen atoms in total. The second-order valence-corrected chi connectivity index (χ2v) is 7.54. The molecule has 0 spiro atoms. The van der Waals surface area contributed by atoms with E-state index in [0.717, 1.165) is 35.0 Å². The van der Waals surface area contributed by atoms with Gasteiger partial charge in [0.2, 0.25) is 11.8 Å². The van der Waals surface area contributed by atoms with Crippen molar-refractivity contribution in [3.8, 4) is 0 Å². The van der Waals surface area contributed by atoms with Crippen molar-refractivity contribution in [1.82, 2.24) is 9.80 Å². The molecule has 2 aromatic rings. The van der Waals surface area contributed by atoms with Crippen LogP contribution in [0.2, 0.25) is 0 Å². The molecule has 1 aliphatic rings. The van der Waals surface area contributed by atoms with Gasteiger partial charge in [-0.05, 0) is 37.1 Å². The lowest BCUT2D eigenvalue weighted by Crippen LogP contribution is -2.50. The number of amides is 2. The molecule has 0 bridgehead atoms. The molecule has 2 aromatic carbocycles. The number of halogens is 2. The highest BCUT2D eigenvalue weighted by Gasteiger charge is 2.21. The standard InChI is InChI=1S/C22H26F2N4O2/c1-15-4-3-5-16(2)22(15)26-21(30)14-28-10-8-27(9-11-28)13-20(29)25-19-12-17(23)6-7-18(19)24/h3-7,12H,8-11,13-14H2,1-2H3,(H,25,29)(H,26,30). The van der Waals surface area contributed by atoms with Crippen LogP contribution >= 0.6 is 0 Å². The molecular formula is C22H26F2N4O2. The third-order valence-corrected chi connectivity index (χ3v) is 5.15. The third kappa shape index (κ3) is 5.84. The number of aryl methyl sites for hydroxylation is 2. The van der Waals surface area contributed by atoms with Crippen LogP contribution in [0, 0.1) is 25.5 Å². The molecule has 0 unspecified atom stereocenters. The fraction of sp³-hybridized carbons (Fsp3) is 0.364. The lowest BCUT2D eigenvalue weighted by atomic mass is 10.1. The van der Waals surface area contributed by atoms with E-state index in [1.165, 1.54) is 0 Å². The predicted molar refractivity (Wildman–Crippen MR) is 112 cm³/mol. The molecule has 2 N–H and O–H groups in total. The number of piperazine rings is 1. The van der Waals surface area contributed by atoms with E-state index < -0.39 is 17.5 Å². The number of anilines is 2. The fourth-order valence-corrected chi connectivity index (χ4v) is 3.49. The molecule has 1 heterocycles. The first-order valence-corrected chi connectivity index (χ1v) is 9.87.